The summed E-state index contributed by atoms with van der Waals surface area (Å²) in [4.78, 5) is 23.8. The van der Waals surface area contributed by atoms with Gasteiger partial charge in [-0.1, -0.05) is 0 Å². The van der Waals surface area contributed by atoms with E-state index in [0.717, 1.165) is 12.8 Å². The van der Waals surface area contributed by atoms with E-state index in [1.807, 2.05) is 0 Å². The van der Waals surface area contributed by atoms with Gasteiger partial charge in [0.15, 0.2) is 11.5 Å². The highest BCUT2D eigenvalue weighted by Crippen LogP contribution is 2.40. The molecule has 1 amide bonds. The third-order valence-corrected chi connectivity index (χ3v) is 4.02. The van der Waals surface area contributed by atoms with E-state index in [9.17, 15) is 14.7 Å². The third-order valence-electron chi connectivity index (χ3n) is 4.02. The summed E-state index contributed by atoms with van der Waals surface area (Å²) >= 11 is 0. The number of hydrogen-bond donors (Lipinski definition) is 2. The van der Waals surface area contributed by atoms with Crippen molar-refractivity contribution in [1.29, 1.82) is 0 Å². The Morgan fingerprint density at radius 2 is 1.90 bits per heavy atom. The predicted octanol–water partition coefficient (Wildman–Crippen LogP) is 1.44. The second-order valence-corrected chi connectivity index (χ2v) is 5.59. The molecule has 0 bridgehead atoms. The molecule has 112 valence electrons. The van der Waals surface area contributed by atoms with E-state index in [1.165, 1.54) is 0 Å². The van der Waals surface area contributed by atoms with Gasteiger partial charge < -0.3 is 19.9 Å². The number of amides is 1. The van der Waals surface area contributed by atoms with E-state index in [-0.39, 0.29) is 5.92 Å². The lowest BCUT2D eigenvalue weighted by Crippen LogP contribution is -2.54. The van der Waals surface area contributed by atoms with Crippen LogP contribution in [0.25, 0.3) is 0 Å². The first-order valence-electron chi connectivity index (χ1n) is 6.96. The molecule has 6 nitrogen and oxygen atoms in total. The van der Waals surface area contributed by atoms with Crippen LogP contribution in [0.3, 0.4) is 0 Å². The molecular formula is C15H17NO5. The number of ether oxygens (including phenoxy) is 2. The number of rotatable bonds is 4. The maximum Gasteiger partial charge on any atom is 0.329 e. The minimum absolute atomic E-state index is 0.00356. The Bertz CT molecular complexity index is 596. The molecule has 1 aromatic carbocycles. The predicted molar refractivity (Wildman–Crippen MR) is 73.7 cm³/mol. The number of carboxylic acid groups (broad SMARTS) is 1. The average Bonchev–Trinajstić information content (AvgIpc) is 3.31. The second kappa shape index (κ2) is 4.95. The number of carbonyl (C=O) groups is 2. The van der Waals surface area contributed by atoms with Gasteiger partial charge in [-0.15, -0.1) is 0 Å². The zero-order valence-corrected chi connectivity index (χ0v) is 11.7. The van der Waals surface area contributed by atoms with Crippen molar-refractivity contribution in [2.45, 2.75) is 25.3 Å². The smallest absolute Gasteiger partial charge is 0.329 e. The van der Waals surface area contributed by atoms with Crippen LogP contribution in [0.1, 0.15) is 30.1 Å². The lowest BCUT2D eigenvalue weighted by molar-refractivity contribution is -0.144. The molecule has 1 fully saturated rings. The van der Waals surface area contributed by atoms with Gasteiger partial charge in [-0.2, -0.15) is 0 Å². The third kappa shape index (κ3) is 2.53. The van der Waals surface area contributed by atoms with E-state index < -0.39 is 17.4 Å². The first-order valence-corrected chi connectivity index (χ1v) is 6.96. The standard InChI is InChI=1S/C15H17NO5/c1-15(14(18)19,10-3-4-10)16-13(17)9-2-5-11-12(8-9)21-7-6-20-11/h2,5,8,10H,3-4,6-7H2,1H3,(H,16,17)(H,18,19). The van der Waals surface area contributed by atoms with Crippen LogP contribution < -0.4 is 14.8 Å². The molecule has 1 aromatic rings. The summed E-state index contributed by atoms with van der Waals surface area (Å²) in [6.45, 7) is 2.48. The molecule has 0 radical (unpaired) electrons. The largest absolute Gasteiger partial charge is 0.486 e. The van der Waals surface area contributed by atoms with Crippen molar-refractivity contribution < 1.29 is 24.2 Å². The van der Waals surface area contributed by atoms with E-state index in [2.05, 4.69) is 5.32 Å². The van der Waals surface area contributed by atoms with Crippen LogP contribution in [0.4, 0.5) is 0 Å². The Kier molecular flexibility index (Phi) is 3.23. The van der Waals surface area contributed by atoms with Gasteiger partial charge in [0.05, 0.1) is 0 Å². The molecule has 1 aliphatic heterocycles. The van der Waals surface area contributed by atoms with Crippen molar-refractivity contribution in [1.82, 2.24) is 5.32 Å². The molecule has 3 rings (SSSR count). The van der Waals surface area contributed by atoms with Crippen LogP contribution >= 0.6 is 0 Å². The van der Waals surface area contributed by atoms with Crippen molar-refractivity contribution in [2.75, 3.05) is 13.2 Å². The van der Waals surface area contributed by atoms with Crippen molar-refractivity contribution in [2.24, 2.45) is 5.92 Å². The van der Waals surface area contributed by atoms with Crippen LogP contribution in [0.15, 0.2) is 18.2 Å². The molecule has 0 spiro atoms. The zero-order valence-electron chi connectivity index (χ0n) is 11.7. The molecular weight excluding hydrogens is 274 g/mol. The van der Waals surface area contributed by atoms with Crippen LogP contribution in [0.2, 0.25) is 0 Å². The Morgan fingerprint density at radius 3 is 2.52 bits per heavy atom. The minimum Gasteiger partial charge on any atom is -0.486 e. The summed E-state index contributed by atoms with van der Waals surface area (Å²) in [5.41, 5.74) is -0.850. The fourth-order valence-corrected chi connectivity index (χ4v) is 2.48. The van der Waals surface area contributed by atoms with Crippen molar-refractivity contribution in [3.05, 3.63) is 23.8 Å². The number of fused-ring (bicyclic) bond motifs is 1. The number of nitrogens with one attached hydrogen (secondary N) is 1. The van der Waals surface area contributed by atoms with E-state index in [1.54, 1.807) is 25.1 Å². The summed E-state index contributed by atoms with van der Waals surface area (Å²) in [7, 11) is 0. The molecule has 1 heterocycles. The lowest BCUT2D eigenvalue weighted by atomic mass is 9.95. The first-order chi connectivity index (χ1) is 10.0. The first kappa shape index (κ1) is 13.7. The molecule has 6 heteroatoms. The van der Waals surface area contributed by atoms with Gasteiger partial charge in [0.2, 0.25) is 0 Å². The summed E-state index contributed by atoms with van der Waals surface area (Å²) in [6.07, 6.45) is 1.65. The fraction of sp³-hybridized carbons (Fsp3) is 0.467. The van der Waals surface area contributed by atoms with Gasteiger partial charge in [0, 0.05) is 5.56 Å². The van der Waals surface area contributed by atoms with E-state index in [0.29, 0.717) is 30.3 Å². The van der Waals surface area contributed by atoms with Crippen molar-refractivity contribution in [3.8, 4) is 11.5 Å². The van der Waals surface area contributed by atoms with E-state index in [4.69, 9.17) is 9.47 Å². The van der Waals surface area contributed by atoms with Gasteiger partial charge in [-0.25, -0.2) is 4.79 Å². The Morgan fingerprint density at radius 1 is 1.24 bits per heavy atom. The van der Waals surface area contributed by atoms with Crippen molar-refractivity contribution in [3.63, 3.8) is 0 Å². The molecule has 0 saturated heterocycles. The van der Waals surface area contributed by atoms with E-state index >= 15 is 0 Å². The second-order valence-electron chi connectivity index (χ2n) is 5.59. The maximum absolute atomic E-state index is 12.3. The number of carboxylic acids is 1. The highest BCUT2D eigenvalue weighted by Gasteiger charge is 2.48. The maximum atomic E-state index is 12.3. The molecule has 2 N–H and O–H groups in total. The van der Waals surface area contributed by atoms with Gasteiger partial charge in [0.1, 0.15) is 18.8 Å². The monoisotopic (exact) mass is 291 g/mol. The van der Waals surface area contributed by atoms with Crippen molar-refractivity contribution >= 4 is 11.9 Å². The normalized spacial score (nSPS) is 19.5. The Labute approximate surface area is 122 Å². The molecule has 0 aromatic heterocycles. The summed E-state index contributed by atoms with van der Waals surface area (Å²) < 4.78 is 10.8. The molecule has 2 aliphatic rings. The van der Waals surface area contributed by atoms with Gasteiger partial charge in [0.25, 0.3) is 5.91 Å². The number of hydrogen-bond acceptors (Lipinski definition) is 4. The number of benzene rings is 1. The summed E-state index contributed by atoms with van der Waals surface area (Å²) in [5.74, 6) is -0.311. The highest BCUT2D eigenvalue weighted by atomic mass is 16.6. The molecule has 1 aliphatic carbocycles. The molecule has 21 heavy (non-hydrogen) atoms. The summed E-state index contributed by atoms with van der Waals surface area (Å²) in [6, 6.07) is 4.86. The Balaban J connectivity index is 1.80. The van der Waals surface area contributed by atoms with Crippen LogP contribution in [0.5, 0.6) is 11.5 Å². The highest BCUT2D eigenvalue weighted by molar-refractivity contribution is 5.98. The minimum atomic E-state index is -1.22. The molecule has 1 atom stereocenters. The van der Waals surface area contributed by atoms with Crippen LogP contribution in [0, 0.1) is 5.92 Å². The van der Waals surface area contributed by atoms with Crippen LogP contribution in [-0.4, -0.2) is 35.7 Å². The topological polar surface area (TPSA) is 84.9 Å². The van der Waals surface area contributed by atoms with Gasteiger partial charge >= 0.3 is 5.97 Å². The quantitative estimate of drug-likeness (QED) is 0.877. The molecule has 1 saturated carbocycles. The number of aliphatic carboxylic acids is 1. The van der Waals surface area contributed by atoms with Gasteiger partial charge in [-0.05, 0) is 43.9 Å². The number of carbonyl (C=O) groups excluding carboxylic acids is 1. The summed E-state index contributed by atoms with van der Waals surface area (Å²) in [5, 5.41) is 12.0. The zero-order chi connectivity index (χ0) is 15.0. The molecule has 1 unspecified atom stereocenters. The fourth-order valence-electron chi connectivity index (χ4n) is 2.48. The van der Waals surface area contributed by atoms with Crippen LogP contribution in [-0.2, 0) is 4.79 Å². The lowest BCUT2D eigenvalue weighted by Gasteiger charge is -2.26. The SMILES string of the molecule is CC(NC(=O)c1ccc2c(c1)OCCO2)(C(=O)O)C1CC1. The Hall–Kier alpha value is -2.24. The van der Waals surface area contributed by atoms with Gasteiger partial charge in [-0.3, -0.25) is 4.79 Å². The average molecular weight is 291 g/mol.